The van der Waals surface area contributed by atoms with Crippen LogP contribution in [0, 0.1) is 6.92 Å². The SMILES string of the molecule is CCc1nc(Cc2ccc(Cl)c(Cl)c2)nc(Cl)c1C. The molecule has 0 spiro atoms. The van der Waals surface area contributed by atoms with Crippen molar-refractivity contribution in [2.45, 2.75) is 26.7 Å². The summed E-state index contributed by atoms with van der Waals surface area (Å²) >= 11 is 18.0. The number of halogens is 3. The molecule has 0 amide bonds. The summed E-state index contributed by atoms with van der Waals surface area (Å²) in [5.41, 5.74) is 2.94. The Balaban J connectivity index is 2.32. The molecule has 0 aliphatic heterocycles. The highest BCUT2D eigenvalue weighted by atomic mass is 35.5. The number of hydrogen-bond donors (Lipinski definition) is 0. The molecule has 0 bridgehead atoms. The minimum absolute atomic E-state index is 0.516. The normalized spacial score (nSPS) is 10.8. The predicted molar refractivity (Wildman–Crippen MR) is 80.4 cm³/mol. The summed E-state index contributed by atoms with van der Waals surface area (Å²) in [6.45, 7) is 3.98. The van der Waals surface area contributed by atoms with Crippen LogP contribution in [0.5, 0.6) is 0 Å². The number of aryl methyl sites for hydroxylation is 1. The Morgan fingerprint density at radius 2 is 1.79 bits per heavy atom. The van der Waals surface area contributed by atoms with Crippen LogP contribution in [0.3, 0.4) is 0 Å². The molecule has 0 saturated heterocycles. The third-order valence-electron chi connectivity index (χ3n) is 2.91. The number of aromatic nitrogens is 2. The van der Waals surface area contributed by atoms with Crippen molar-refractivity contribution in [2.24, 2.45) is 0 Å². The van der Waals surface area contributed by atoms with Crippen LogP contribution in [-0.4, -0.2) is 9.97 Å². The second kappa shape index (κ2) is 6.08. The maximum Gasteiger partial charge on any atom is 0.135 e. The fourth-order valence-corrected chi connectivity index (χ4v) is 2.36. The lowest BCUT2D eigenvalue weighted by atomic mass is 10.1. The van der Waals surface area contributed by atoms with Crippen molar-refractivity contribution in [1.82, 2.24) is 9.97 Å². The smallest absolute Gasteiger partial charge is 0.135 e. The minimum atomic E-state index is 0.516. The molecule has 19 heavy (non-hydrogen) atoms. The Labute approximate surface area is 127 Å². The van der Waals surface area contributed by atoms with Crippen LogP contribution in [0.2, 0.25) is 15.2 Å². The lowest BCUT2D eigenvalue weighted by molar-refractivity contribution is 0.889. The number of rotatable bonds is 3. The van der Waals surface area contributed by atoms with Gasteiger partial charge in [0.05, 0.1) is 10.0 Å². The van der Waals surface area contributed by atoms with E-state index in [2.05, 4.69) is 16.9 Å². The van der Waals surface area contributed by atoms with Gasteiger partial charge in [-0.2, -0.15) is 0 Å². The number of hydrogen-bond acceptors (Lipinski definition) is 2. The quantitative estimate of drug-likeness (QED) is 0.753. The van der Waals surface area contributed by atoms with E-state index >= 15 is 0 Å². The van der Waals surface area contributed by atoms with Gasteiger partial charge in [-0.05, 0) is 31.0 Å². The van der Waals surface area contributed by atoms with E-state index < -0.39 is 0 Å². The van der Waals surface area contributed by atoms with E-state index in [9.17, 15) is 0 Å². The molecule has 0 aliphatic rings. The largest absolute Gasteiger partial charge is 0.237 e. The monoisotopic (exact) mass is 314 g/mol. The first-order valence-corrected chi connectivity index (χ1v) is 7.10. The molecule has 0 atom stereocenters. The number of nitrogens with zero attached hydrogens (tertiary/aromatic N) is 2. The summed E-state index contributed by atoms with van der Waals surface area (Å²) in [4.78, 5) is 8.83. The molecule has 0 aliphatic carbocycles. The van der Waals surface area contributed by atoms with E-state index in [0.717, 1.165) is 23.2 Å². The Morgan fingerprint density at radius 3 is 2.42 bits per heavy atom. The zero-order valence-corrected chi connectivity index (χ0v) is 12.9. The van der Waals surface area contributed by atoms with Crippen LogP contribution >= 0.6 is 34.8 Å². The molecule has 100 valence electrons. The fraction of sp³-hybridized carbons (Fsp3) is 0.286. The van der Waals surface area contributed by atoms with Crippen molar-refractivity contribution in [2.75, 3.05) is 0 Å². The first-order chi connectivity index (χ1) is 9.01. The second-order valence-corrected chi connectivity index (χ2v) is 5.45. The fourth-order valence-electron chi connectivity index (χ4n) is 1.84. The van der Waals surface area contributed by atoms with Crippen LogP contribution in [-0.2, 0) is 12.8 Å². The molecule has 0 saturated carbocycles. The maximum absolute atomic E-state index is 6.12. The van der Waals surface area contributed by atoms with Crippen LogP contribution < -0.4 is 0 Å². The molecular formula is C14H13Cl3N2. The average Bonchev–Trinajstić information content (AvgIpc) is 2.38. The van der Waals surface area contributed by atoms with E-state index in [-0.39, 0.29) is 0 Å². The van der Waals surface area contributed by atoms with Crippen LogP contribution in [0.1, 0.15) is 29.6 Å². The van der Waals surface area contributed by atoms with E-state index in [4.69, 9.17) is 34.8 Å². The Bertz CT molecular complexity index is 612. The predicted octanol–water partition coefficient (Wildman–Crippen LogP) is 4.90. The maximum atomic E-state index is 6.12. The lowest BCUT2D eigenvalue weighted by Gasteiger charge is -2.08. The third kappa shape index (κ3) is 3.38. The highest BCUT2D eigenvalue weighted by Gasteiger charge is 2.09. The van der Waals surface area contributed by atoms with Crippen LogP contribution in [0.25, 0.3) is 0 Å². The van der Waals surface area contributed by atoms with Crippen molar-refractivity contribution >= 4 is 34.8 Å². The zero-order chi connectivity index (χ0) is 14.0. The molecule has 0 N–H and O–H groups in total. The summed E-state index contributed by atoms with van der Waals surface area (Å²) in [5.74, 6) is 0.700. The molecule has 1 heterocycles. The van der Waals surface area contributed by atoms with E-state index in [1.807, 2.05) is 19.1 Å². The van der Waals surface area contributed by atoms with Gasteiger partial charge in [0.1, 0.15) is 11.0 Å². The molecule has 2 rings (SSSR count). The first-order valence-electron chi connectivity index (χ1n) is 5.97. The van der Waals surface area contributed by atoms with Gasteiger partial charge in [0.25, 0.3) is 0 Å². The minimum Gasteiger partial charge on any atom is -0.237 e. The van der Waals surface area contributed by atoms with Gasteiger partial charge in [-0.3, -0.25) is 0 Å². The van der Waals surface area contributed by atoms with Gasteiger partial charge in [0, 0.05) is 17.7 Å². The highest BCUT2D eigenvalue weighted by molar-refractivity contribution is 6.42. The third-order valence-corrected chi connectivity index (χ3v) is 4.02. The number of benzene rings is 1. The summed E-state index contributed by atoms with van der Waals surface area (Å²) in [7, 11) is 0. The van der Waals surface area contributed by atoms with Gasteiger partial charge in [0.2, 0.25) is 0 Å². The molecule has 0 radical (unpaired) electrons. The van der Waals surface area contributed by atoms with Crippen molar-refractivity contribution in [3.8, 4) is 0 Å². The van der Waals surface area contributed by atoms with E-state index in [0.29, 0.717) is 27.4 Å². The Morgan fingerprint density at radius 1 is 1.05 bits per heavy atom. The standard InChI is InChI=1S/C14H13Cl3N2/c1-3-12-8(2)14(17)19-13(18-12)7-9-4-5-10(15)11(16)6-9/h4-6H,3,7H2,1-2H3. The second-order valence-electron chi connectivity index (χ2n) is 4.28. The first kappa shape index (κ1) is 14.6. The molecule has 1 aromatic carbocycles. The van der Waals surface area contributed by atoms with E-state index in [1.165, 1.54) is 0 Å². The Hall–Kier alpha value is -0.830. The molecule has 5 heteroatoms. The van der Waals surface area contributed by atoms with E-state index in [1.54, 1.807) is 6.07 Å². The van der Waals surface area contributed by atoms with Gasteiger partial charge in [-0.1, -0.05) is 47.8 Å². The average molecular weight is 316 g/mol. The van der Waals surface area contributed by atoms with Gasteiger partial charge in [0.15, 0.2) is 0 Å². The van der Waals surface area contributed by atoms with Crippen LogP contribution in [0.15, 0.2) is 18.2 Å². The lowest BCUT2D eigenvalue weighted by Crippen LogP contribution is -2.03. The molecular weight excluding hydrogens is 303 g/mol. The Kier molecular flexibility index (Phi) is 4.67. The van der Waals surface area contributed by atoms with Gasteiger partial charge < -0.3 is 0 Å². The molecule has 2 aromatic rings. The summed E-state index contributed by atoms with van der Waals surface area (Å²) < 4.78 is 0. The molecule has 0 unspecified atom stereocenters. The van der Waals surface area contributed by atoms with Crippen molar-refractivity contribution < 1.29 is 0 Å². The van der Waals surface area contributed by atoms with Gasteiger partial charge in [-0.25, -0.2) is 9.97 Å². The molecule has 2 nitrogen and oxygen atoms in total. The summed E-state index contributed by atoms with van der Waals surface area (Å²) in [5, 5.41) is 1.59. The molecule has 1 aromatic heterocycles. The summed E-state index contributed by atoms with van der Waals surface area (Å²) in [6, 6.07) is 5.51. The van der Waals surface area contributed by atoms with Crippen LogP contribution in [0.4, 0.5) is 0 Å². The summed E-state index contributed by atoms with van der Waals surface area (Å²) in [6.07, 6.45) is 1.42. The van der Waals surface area contributed by atoms with Crippen molar-refractivity contribution in [3.05, 3.63) is 56.0 Å². The highest BCUT2D eigenvalue weighted by Crippen LogP contribution is 2.24. The van der Waals surface area contributed by atoms with Gasteiger partial charge in [-0.15, -0.1) is 0 Å². The zero-order valence-electron chi connectivity index (χ0n) is 10.7. The van der Waals surface area contributed by atoms with Crippen molar-refractivity contribution in [3.63, 3.8) is 0 Å². The topological polar surface area (TPSA) is 25.8 Å². The molecule has 0 fully saturated rings. The van der Waals surface area contributed by atoms with Gasteiger partial charge >= 0.3 is 0 Å². The van der Waals surface area contributed by atoms with Crippen molar-refractivity contribution in [1.29, 1.82) is 0 Å².